The van der Waals surface area contributed by atoms with E-state index in [0.29, 0.717) is 25.7 Å². The Morgan fingerprint density at radius 1 is 1.27 bits per heavy atom. The molecule has 26 heavy (non-hydrogen) atoms. The number of carbonyl (C=O) groups excluding carboxylic acids is 1. The normalized spacial score (nSPS) is 19.5. The highest BCUT2D eigenvalue weighted by Gasteiger charge is 2.19. The van der Waals surface area contributed by atoms with Crippen LogP contribution in [0.4, 0.5) is 0 Å². The lowest BCUT2D eigenvalue weighted by atomic mass is 9.96. The Hall–Kier alpha value is -1.19. The second-order valence-electron chi connectivity index (χ2n) is 6.60. The number of hydrogen-bond acceptors (Lipinski definition) is 5. The molecule has 0 aromatic heterocycles. The van der Waals surface area contributed by atoms with Gasteiger partial charge >= 0.3 is 0 Å². The molecule has 0 saturated carbocycles. The zero-order chi connectivity index (χ0) is 17.7. The first-order chi connectivity index (χ1) is 12.0. The molecule has 0 aliphatic carbocycles. The third-order valence-corrected chi connectivity index (χ3v) is 6.10. The van der Waals surface area contributed by atoms with Gasteiger partial charge in [-0.15, -0.1) is 12.4 Å². The summed E-state index contributed by atoms with van der Waals surface area (Å²) in [6.45, 7) is 3.32. The molecule has 1 amide bonds. The molecule has 0 spiro atoms. The molecule has 3 rings (SSSR count). The monoisotopic (exact) mass is 403 g/mol. The minimum Gasteiger partial charge on any atom is -0.372 e. The summed E-state index contributed by atoms with van der Waals surface area (Å²) in [6, 6.07) is 4.91. The molecule has 2 heterocycles. The fraction of sp³-hybridized carbons (Fsp3) is 0.588. The number of amides is 1. The quantitative estimate of drug-likeness (QED) is 0.629. The SMILES string of the molecule is Cl.O=C(CNS(=O)(=O)c1ccc2c(c1)COC2)NCCC1CCCNC1. The number of ether oxygens (including phenoxy) is 1. The van der Waals surface area contributed by atoms with Gasteiger partial charge in [0.2, 0.25) is 15.9 Å². The summed E-state index contributed by atoms with van der Waals surface area (Å²) in [7, 11) is -3.70. The average Bonchev–Trinajstić information content (AvgIpc) is 3.09. The van der Waals surface area contributed by atoms with E-state index in [2.05, 4.69) is 15.4 Å². The van der Waals surface area contributed by atoms with E-state index in [-0.39, 0.29) is 29.8 Å². The van der Waals surface area contributed by atoms with Gasteiger partial charge in [-0.05, 0) is 61.5 Å². The number of sulfonamides is 1. The van der Waals surface area contributed by atoms with Gasteiger partial charge < -0.3 is 15.4 Å². The van der Waals surface area contributed by atoms with Crippen LogP contribution in [0.15, 0.2) is 23.1 Å². The van der Waals surface area contributed by atoms with E-state index in [1.165, 1.54) is 12.8 Å². The fourth-order valence-corrected chi connectivity index (χ4v) is 4.24. The Morgan fingerprint density at radius 3 is 2.85 bits per heavy atom. The van der Waals surface area contributed by atoms with E-state index < -0.39 is 10.0 Å². The van der Waals surface area contributed by atoms with Crippen LogP contribution in [-0.4, -0.2) is 40.5 Å². The summed E-state index contributed by atoms with van der Waals surface area (Å²) in [4.78, 5) is 12.0. The second-order valence-corrected chi connectivity index (χ2v) is 8.37. The van der Waals surface area contributed by atoms with E-state index >= 15 is 0 Å². The van der Waals surface area contributed by atoms with Gasteiger partial charge in [-0.25, -0.2) is 13.1 Å². The molecule has 3 N–H and O–H groups in total. The third-order valence-electron chi connectivity index (χ3n) is 4.70. The Labute approximate surface area is 160 Å². The smallest absolute Gasteiger partial charge is 0.241 e. The van der Waals surface area contributed by atoms with Crippen LogP contribution in [0, 0.1) is 5.92 Å². The topological polar surface area (TPSA) is 96.5 Å². The van der Waals surface area contributed by atoms with E-state index in [0.717, 1.165) is 30.6 Å². The zero-order valence-electron chi connectivity index (χ0n) is 14.6. The van der Waals surface area contributed by atoms with Gasteiger partial charge in [0.25, 0.3) is 0 Å². The first-order valence-electron chi connectivity index (χ1n) is 8.71. The molecule has 1 saturated heterocycles. The highest BCUT2D eigenvalue weighted by Crippen LogP contribution is 2.22. The summed E-state index contributed by atoms with van der Waals surface area (Å²) in [5.41, 5.74) is 1.89. The van der Waals surface area contributed by atoms with Crippen LogP contribution < -0.4 is 15.4 Å². The van der Waals surface area contributed by atoms with Crippen molar-refractivity contribution in [1.29, 1.82) is 0 Å². The summed E-state index contributed by atoms with van der Waals surface area (Å²) in [6.07, 6.45) is 3.26. The lowest BCUT2D eigenvalue weighted by Crippen LogP contribution is -2.38. The maximum atomic E-state index is 12.3. The van der Waals surface area contributed by atoms with Crippen LogP contribution in [0.3, 0.4) is 0 Å². The number of carbonyl (C=O) groups is 1. The molecule has 1 aromatic rings. The van der Waals surface area contributed by atoms with E-state index in [9.17, 15) is 13.2 Å². The van der Waals surface area contributed by atoms with Crippen molar-refractivity contribution >= 4 is 28.3 Å². The molecule has 2 aliphatic heterocycles. The summed E-state index contributed by atoms with van der Waals surface area (Å²) in [5, 5.41) is 6.12. The Bertz CT molecular complexity index is 721. The minimum atomic E-state index is -3.70. The van der Waals surface area contributed by atoms with Gasteiger partial charge in [0, 0.05) is 6.54 Å². The maximum absolute atomic E-state index is 12.3. The number of nitrogens with one attached hydrogen (secondary N) is 3. The number of benzene rings is 1. The average molecular weight is 404 g/mol. The van der Waals surface area contributed by atoms with Crippen molar-refractivity contribution in [3.05, 3.63) is 29.3 Å². The highest BCUT2D eigenvalue weighted by molar-refractivity contribution is 7.89. The van der Waals surface area contributed by atoms with Crippen molar-refractivity contribution in [3.63, 3.8) is 0 Å². The van der Waals surface area contributed by atoms with Gasteiger partial charge in [-0.2, -0.15) is 0 Å². The molecule has 146 valence electrons. The van der Waals surface area contributed by atoms with Crippen molar-refractivity contribution in [1.82, 2.24) is 15.4 Å². The van der Waals surface area contributed by atoms with Crippen LogP contribution in [0.5, 0.6) is 0 Å². The van der Waals surface area contributed by atoms with Crippen LogP contribution >= 0.6 is 12.4 Å². The van der Waals surface area contributed by atoms with Gasteiger partial charge in [0.15, 0.2) is 0 Å². The number of fused-ring (bicyclic) bond motifs is 1. The predicted molar refractivity (Wildman–Crippen MR) is 101 cm³/mol. The molecule has 1 unspecified atom stereocenters. The van der Waals surface area contributed by atoms with Gasteiger partial charge in [0.1, 0.15) is 0 Å². The van der Waals surface area contributed by atoms with Crippen molar-refractivity contribution in [2.75, 3.05) is 26.2 Å². The first-order valence-corrected chi connectivity index (χ1v) is 10.2. The largest absolute Gasteiger partial charge is 0.372 e. The van der Waals surface area contributed by atoms with Crippen molar-refractivity contribution in [2.45, 2.75) is 37.4 Å². The van der Waals surface area contributed by atoms with Gasteiger partial charge in [0.05, 0.1) is 24.7 Å². The van der Waals surface area contributed by atoms with Crippen LogP contribution in [0.25, 0.3) is 0 Å². The molecule has 0 bridgehead atoms. The van der Waals surface area contributed by atoms with E-state index in [4.69, 9.17) is 4.74 Å². The molecular formula is C17H26ClN3O4S. The number of hydrogen-bond donors (Lipinski definition) is 3. The molecular weight excluding hydrogens is 378 g/mol. The van der Waals surface area contributed by atoms with Crippen LogP contribution in [0.2, 0.25) is 0 Å². The summed E-state index contributed by atoms with van der Waals surface area (Å²) in [5.74, 6) is 0.274. The Kier molecular flexibility index (Phi) is 7.85. The van der Waals surface area contributed by atoms with Gasteiger partial charge in [-0.3, -0.25) is 4.79 Å². The highest BCUT2D eigenvalue weighted by atomic mass is 35.5. The lowest BCUT2D eigenvalue weighted by Gasteiger charge is -2.22. The molecule has 0 radical (unpaired) electrons. The molecule has 7 nitrogen and oxygen atoms in total. The molecule has 2 aliphatic rings. The van der Waals surface area contributed by atoms with Crippen LogP contribution in [-0.2, 0) is 32.8 Å². The maximum Gasteiger partial charge on any atom is 0.241 e. The lowest BCUT2D eigenvalue weighted by molar-refractivity contribution is -0.120. The first kappa shape index (κ1) is 21.1. The van der Waals surface area contributed by atoms with Crippen molar-refractivity contribution in [3.8, 4) is 0 Å². The Morgan fingerprint density at radius 2 is 2.08 bits per heavy atom. The van der Waals surface area contributed by atoms with E-state index in [1.54, 1.807) is 18.2 Å². The minimum absolute atomic E-state index is 0. The Balaban J connectivity index is 0.00000243. The second kappa shape index (κ2) is 9.66. The molecule has 1 fully saturated rings. The molecule has 1 aromatic carbocycles. The molecule has 1 atom stereocenters. The number of piperidine rings is 1. The van der Waals surface area contributed by atoms with Gasteiger partial charge in [-0.1, -0.05) is 6.07 Å². The number of rotatable bonds is 7. The van der Waals surface area contributed by atoms with E-state index in [1.807, 2.05) is 0 Å². The third kappa shape index (κ3) is 5.65. The van der Waals surface area contributed by atoms with Crippen molar-refractivity contribution in [2.24, 2.45) is 5.92 Å². The zero-order valence-corrected chi connectivity index (χ0v) is 16.3. The summed E-state index contributed by atoms with van der Waals surface area (Å²) >= 11 is 0. The number of halogens is 1. The predicted octanol–water partition coefficient (Wildman–Crippen LogP) is 0.923. The molecule has 9 heteroatoms. The van der Waals surface area contributed by atoms with Crippen LogP contribution in [0.1, 0.15) is 30.4 Å². The summed E-state index contributed by atoms with van der Waals surface area (Å²) < 4.78 is 32.3. The van der Waals surface area contributed by atoms with Crippen molar-refractivity contribution < 1.29 is 17.9 Å². The fourth-order valence-electron chi connectivity index (χ4n) is 3.21. The standard InChI is InChI=1S/C17H25N3O4S.ClH/c21-17(19-7-5-13-2-1-6-18-9-13)10-20-25(22,23)16-4-3-14-11-24-12-15(14)8-16;/h3-4,8,13,18,20H,1-2,5-7,9-12H2,(H,19,21);1H.